The van der Waals surface area contributed by atoms with Crippen LogP contribution in [0.5, 0.6) is 0 Å². The quantitative estimate of drug-likeness (QED) is 0.596. The molecule has 0 saturated carbocycles. The average Bonchev–Trinajstić information content (AvgIpc) is 2.31. The van der Waals surface area contributed by atoms with Crippen molar-refractivity contribution < 1.29 is 4.79 Å². The summed E-state index contributed by atoms with van der Waals surface area (Å²) in [5.74, 6) is 0.449. The summed E-state index contributed by atoms with van der Waals surface area (Å²) in [5, 5.41) is 0. The number of nitrogen functional groups attached to an aromatic ring is 1. The van der Waals surface area contributed by atoms with Crippen LogP contribution < -0.4 is 5.73 Å². The van der Waals surface area contributed by atoms with Gasteiger partial charge in [-0.3, -0.25) is 4.79 Å². The first kappa shape index (κ1) is 13.8. The molecule has 2 heteroatoms. The molecular weight excluding hydrogens is 210 g/mol. The summed E-state index contributed by atoms with van der Waals surface area (Å²) < 4.78 is 0. The van der Waals surface area contributed by atoms with Crippen molar-refractivity contribution in [2.75, 3.05) is 5.73 Å². The number of hydrogen-bond acceptors (Lipinski definition) is 2. The highest BCUT2D eigenvalue weighted by molar-refractivity contribution is 5.98. The molecule has 0 radical (unpaired) electrons. The minimum atomic E-state index is 0.174. The van der Waals surface area contributed by atoms with Crippen molar-refractivity contribution in [1.82, 2.24) is 0 Å². The fourth-order valence-corrected chi connectivity index (χ4v) is 2.17. The van der Waals surface area contributed by atoms with E-state index in [1.165, 1.54) is 0 Å². The van der Waals surface area contributed by atoms with Crippen LogP contribution in [0.25, 0.3) is 0 Å². The van der Waals surface area contributed by atoms with Gasteiger partial charge in [-0.2, -0.15) is 0 Å². The van der Waals surface area contributed by atoms with Gasteiger partial charge in [-0.25, -0.2) is 0 Å². The Morgan fingerprint density at radius 1 is 1.24 bits per heavy atom. The number of rotatable bonds is 6. The van der Waals surface area contributed by atoms with E-state index in [1.54, 1.807) is 0 Å². The fraction of sp³-hybridized carbons (Fsp3) is 0.533. The minimum Gasteiger partial charge on any atom is -0.399 e. The van der Waals surface area contributed by atoms with E-state index in [0.29, 0.717) is 0 Å². The van der Waals surface area contributed by atoms with Gasteiger partial charge in [-0.1, -0.05) is 26.7 Å². The van der Waals surface area contributed by atoms with E-state index >= 15 is 0 Å². The SMILES string of the molecule is CCCC(CCC)C(=O)c1ccc(N)c(C)c1. The molecule has 0 atom stereocenters. The summed E-state index contributed by atoms with van der Waals surface area (Å²) in [6.45, 7) is 6.20. The number of carbonyl (C=O) groups excluding carboxylic acids is 1. The Bertz CT molecular complexity index is 379. The van der Waals surface area contributed by atoms with Crippen LogP contribution in [-0.4, -0.2) is 5.78 Å². The first-order valence-electron chi connectivity index (χ1n) is 6.50. The number of hydrogen-bond donors (Lipinski definition) is 1. The summed E-state index contributed by atoms with van der Waals surface area (Å²) in [5.41, 5.74) is 8.32. The van der Waals surface area contributed by atoms with E-state index in [0.717, 1.165) is 42.5 Å². The van der Waals surface area contributed by atoms with Gasteiger partial charge in [0.1, 0.15) is 0 Å². The van der Waals surface area contributed by atoms with Crippen molar-refractivity contribution >= 4 is 11.5 Å². The first-order chi connectivity index (χ1) is 8.10. The van der Waals surface area contributed by atoms with Crippen LogP contribution in [0.15, 0.2) is 18.2 Å². The molecule has 1 aromatic rings. The lowest BCUT2D eigenvalue weighted by Gasteiger charge is -2.14. The van der Waals surface area contributed by atoms with Crippen LogP contribution in [0.3, 0.4) is 0 Å². The third-order valence-corrected chi connectivity index (χ3v) is 3.20. The van der Waals surface area contributed by atoms with E-state index in [4.69, 9.17) is 5.73 Å². The van der Waals surface area contributed by atoms with Gasteiger partial charge in [0.05, 0.1) is 0 Å². The second-order valence-corrected chi connectivity index (χ2v) is 4.71. The summed E-state index contributed by atoms with van der Waals surface area (Å²) in [6.07, 6.45) is 4.08. The van der Waals surface area contributed by atoms with E-state index < -0.39 is 0 Å². The molecule has 0 aliphatic carbocycles. The van der Waals surface area contributed by atoms with Crippen LogP contribution in [0.4, 0.5) is 5.69 Å². The maximum atomic E-state index is 12.3. The van der Waals surface area contributed by atoms with Gasteiger partial charge < -0.3 is 5.73 Å². The lowest BCUT2D eigenvalue weighted by molar-refractivity contribution is 0.0905. The summed E-state index contributed by atoms with van der Waals surface area (Å²) in [4.78, 5) is 12.3. The molecule has 0 saturated heterocycles. The van der Waals surface area contributed by atoms with Crippen molar-refractivity contribution in [3.63, 3.8) is 0 Å². The zero-order valence-corrected chi connectivity index (χ0v) is 11.1. The molecule has 0 aliphatic heterocycles. The topological polar surface area (TPSA) is 43.1 Å². The predicted octanol–water partition coefficient (Wildman–Crippen LogP) is 3.98. The monoisotopic (exact) mass is 233 g/mol. The molecule has 0 spiro atoms. The molecule has 0 bridgehead atoms. The summed E-state index contributed by atoms with van der Waals surface area (Å²) in [7, 11) is 0. The Morgan fingerprint density at radius 2 is 1.82 bits per heavy atom. The maximum absolute atomic E-state index is 12.3. The number of carbonyl (C=O) groups is 1. The Hall–Kier alpha value is -1.31. The number of Topliss-reactive ketones (excluding diaryl/α,β-unsaturated/α-hetero) is 1. The number of anilines is 1. The fourth-order valence-electron chi connectivity index (χ4n) is 2.17. The highest BCUT2D eigenvalue weighted by Gasteiger charge is 2.18. The van der Waals surface area contributed by atoms with Crippen molar-refractivity contribution in [2.24, 2.45) is 5.92 Å². The molecule has 0 heterocycles. The van der Waals surface area contributed by atoms with E-state index in [2.05, 4.69) is 13.8 Å². The lowest BCUT2D eigenvalue weighted by atomic mass is 9.89. The summed E-state index contributed by atoms with van der Waals surface area (Å²) in [6, 6.07) is 5.59. The first-order valence-corrected chi connectivity index (χ1v) is 6.50. The van der Waals surface area contributed by atoms with Crippen molar-refractivity contribution in [3.8, 4) is 0 Å². The number of aryl methyl sites for hydroxylation is 1. The van der Waals surface area contributed by atoms with E-state index in [9.17, 15) is 4.79 Å². The number of nitrogens with two attached hydrogens (primary N) is 1. The normalized spacial score (nSPS) is 10.8. The Kier molecular flexibility index (Phi) is 5.20. The van der Waals surface area contributed by atoms with Crippen molar-refractivity contribution in [3.05, 3.63) is 29.3 Å². The van der Waals surface area contributed by atoms with Crippen LogP contribution in [-0.2, 0) is 0 Å². The van der Waals surface area contributed by atoms with Gasteiger partial charge in [-0.15, -0.1) is 0 Å². The molecule has 1 rings (SSSR count). The lowest BCUT2D eigenvalue weighted by Crippen LogP contribution is -2.15. The third kappa shape index (κ3) is 3.58. The van der Waals surface area contributed by atoms with E-state index in [1.807, 2.05) is 25.1 Å². The van der Waals surface area contributed by atoms with Crippen LogP contribution in [0.1, 0.15) is 55.5 Å². The molecule has 94 valence electrons. The highest BCUT2D eigenvalue weighted by Crippen LogP contribution is 2.21. The van der Waals surface area contributed by atoms with Crippen molar-refractivity contribution in [1.29, 1.82) is 0 Å². The third-order valence-electron chi connectivity index (χ3n) is 3.20. The van der Waals surface area contributed by atoms with Crippen LogP contribution in [0, 0.1) is 12.8 Å². The van der Waals surface area contributed by atoms with Gasteiger partial charge in [0.2, 0.25) is 0 Å². The molecule has 0 aromatic heterocycles. The molecule has 2 N–H and O–H groups in total. The molecule has 17 heavy (non-hydrogen) atoms. The number of benzene rings is 1. The van der Waals surface area contributed by atoms with Gasteiger partial charge >= 0.3 is 0 Å². The zero-order valence-electron chi connectivity index (χ0n) is 11.1. The Labute approximate surface area is 104 Å². The zero-order chi connectivity index (χ0) is 12.8. The second kappa shape index (κ2) is 6.43. The molecular formula is C15H23NO. The molecule has 0 amide bonds. The molecule has 0 aliphatic rings. The van der Waals surface area contributed by atoms with Gasteiger partial charge in [0.15, 0.2) is 5.78 Å². The van der Waals surface area contributed by atoms with Gasteiger partial charge in [0, 0.05) is 17.2 Å². The Balaban J connectivity index is 2.88. The summed E-state index contributed by atoms with van der Waals surface area (Å²) >= 11 is 0. The Morgan fingerprint density at radius 3 is 2.29 bits per heavy atom. The number of ketones is 1. The standard InChI is InChI=1S/C15H23NO/c1-4-6-12(7-5-2)15(17)13-8-9-14(16)11(3)10-13/h8-10,12H,4-7,16H2,1-3H3. The van der Waals surface area contributed by atoms with Crippen LogP contribution in [0.2, 0.25) is 0 Å². The smallest absolute Gasteiger partial charge is 0.165 e. The second-order valence-electron chi connectivity index (χ2n) is 4.71. The predicted molar refractivity (Wildman–Crippen MR) is 73.2 cm³/mol. The van der Waals surface area contributed by atoms with Gasteiger partial charge in [0.25, 0.3) is 0 Å². The highest BCUT2D eigenvalue weighted by atomic mass is 16.1. The molecule has 2 nitrogen and oxygen atoms in total. The molecule has 0 unspecified atom stereocenters. The van der Waals surface area contributed by atoms with E-state index in [-0.39, 0.29) is 11.7 Å². The average molecular weight is 233 g/mol. The molecule has 1 aromatic carbocycles. The maximum Gasteiger partial charge on any atom is 0.165 e. The van der Waals surface area contributed by atoms with Gasteiger partial charge in [-0.05, 0) is 43.5 Å². The van der Waals surface area contributed by atoms with Crippen LogP contribution >= 0.6 is 0 Å². The van der Waals surface area contributed by atoms with Crippen molar-refractivity contribution in [2.45, 2.75) is 46.5 Å². The molecule has 0 fully saturated rings. The minimum absolute atomic E-state index is 0.174. The largest absolute Gasteiger partial charge is 0.399 e.